The first-order valence-electron chi connectivity index (χ1n) is 19.5. The molecule has 3 aliphatic heterocycles. The summed E-state index contributed by atoms with van der Waals surface area (Å²) in [6, 6.07) is 29.0. The van der Waals surface area contributed by atoms with Crippen LogP contribution in [0.3, 0.4) is 0 Å². The van der Waals surface area contributed by atoms with Crippen molar-refractivity contribution >= 4 is 58.5 Å². The molecule has 1 saturated carbocycles. The van der Waals surface area contributed by atoms with Gasteiger partial charge in [-0.15, -0.1) is 0 Å². The molecule has 2 spiro atoms. The lowest BCUT2D eigenvalue weighted by atomic mass is 9.77. The molecule has 58 heavy (non-hydrogen) atoms. The molecular weight excluding hydrogens is 771 g/mol. The molecule has 4 aromatic rings. The Labute approximate surface area is 349 Å². The van der Waals surface area contributed by atoms with Crippen LogP contribution in [0.15, 0.2) is 97.1 Å². The number of ether oxygens (including phenoxy) is 1. The molecule has 11 heteroatoms. The third-order valence-corrected chi connectivity index (χ3v) is 12.3. The molecule has 0 unspecified atom stereocenters. The van der Waals surface area contributed by atoms with Crippen LogP contribution in [0.5, 0.6) is 0 Å². The Morgan fingerprint density at radius 1 is 0.517 bits per heavy atom. The second-order valence-corrected chi connectivity index (χ2v) is 16.0. The van der Waals surface area contributed by atoms with E-state index >= 15 is 0 Å². The lowest BCUT2D eigenvalue weighted by Crippen LogP contribution is -2.64. The summed E-state index contributed by atoms with van der Waals surface area (Å²) in [5.74, 6) is 11.9. The molecule has 4 fully saturated rings. The SMILES string of the molecule is CN1C(=O)N(c2ccc(C#Cc3ccccc3)cc2Cl)C(=O)CC12CCCCC2.CN1C(=O)N(c2ccc(C#Cc3ccccc3)cc2Cl)C(=O)CC12CCOCC2. The minimum absolute atomic E-state index is 0.181. The number of halogens is 2. The molecule has 4 aromatic carbocycles. The fourth-order valence-electron chi connectivity index (χ4n) is 8.20. The Morgan fingerprint density at radius 3 is 1.33 bits per heavy atom. The maximum Gasteiger partial charge on any atom is 0.331 e. The van der Waals surface area contributed by atoms with Gasteiger partial charge >= 0.3 is 12.1 Å². The van der Waals surface area contributed by atoms with Crippen molar-refractivity contribution < 1.29 is 23.9 Å². The highest BCUT2D eigenvalue weighted by atomic mass is 35.5. The van der Waals surface area contributed by atoms with E-state index in [2.05, 4.69) is 23.7 Å². The number of amides is 6. The van der Waals surface area contributed by atoms with E-state index in [0.717, 1.165) is 42.4 Å². The van der Waals surface area contributed by atoms with E-state index in [1.54, 1.807) is 60.3 Å². The summed E-state index contributed by atoms with van der Waals surface area (Å²) in [7, 11) is 3.56. The van der Waals surface area contributed by atoms with Crippen molar-refractivity contribution in [2.45, 2.75) is 68.9 Å². The summed E-state index contributed by atoms with van der Waals surface area (Å²) in [5, 5.41) is 0.669. The predicted molar refractivity (Wildman–Crippen MR) is 227 cm³/mol. The number of carbonyl (C=O) groups is 4. The Bertz CT molecular complexity index is 2170. The highest BCUT2D eigenvalue weighted by Gasteiger charge is 2.50. The Balaban J connectivity index is 0.000000177. The smallest absolute Gasteiger partial charge is 0.331 e. The summed E-state index contributed by atoms with van der Waals surface area (Å²) in [5.41, 5.74) is 3.27. The van der Waals surface area contributed by atoms with Gasteiger partial charge in [0.2, 0.25) is 11.8 Å². The number of anilines is 2. The first kappa shape index (κ1) is 40.6. The quantitative estimate of drug-likeness (QED) is 0.188. The van der Waals surface area contributed by atoms with Crippen molar-refractivity contribution in [3.63, 3.8) is 0 Å². The van der Waals surface area contributed by atoms with Gasteiger partial charge in [0.25, 0.3) is 0 Å². The summed E-state index contributed by atoms with van der Waals surface area (Å²) < 4.78 is 5.42. The van der Waals surface area contributed by atoms with E-state index in [-0.39, 0.29) is 35.8 Å². The number of rotatable bonds is 2. The molecule has 296 valence electrons. The van der Waals surface area contributed by atoms with Crippen LogP contribution >= 0.6 is 23.2 Å². The van der Waals surface area contributed by atoms with E-state index in [4.69, 9.17) is 27.9 Å². The molecular formula is C47H44Cl2N4O5. The minimum atomic E-state index is -0.462. The summed E-state index contributed by atoms with van der Waals surface area (Å²) in [6.07, 6.45) is 6.99. The van der Waals surface area contributed by atoms with Crippen molar-refractivity contribution in [2.24, 2.45) is 0 Å². The van der Waals surface area contributed by atoms with E-state index < -0.39 is 5.54 Å². The molecule has 0 aromatic heterocycles. The zero-order valence-electron chi connectivity index (χ0n) is 32.6. The molecule has 1 aliphatic carbocycles. The van der Waals surface area contributed by atoms with Crippen LogP contribution in [0.25, 0.3) is 0 Å². The van der Waals surface area contributed by atoms with Gasteiger partial charge in [-0.05, 0) is 86.3 Å². The predicted octanol–water partition coefficient (Wildman–Crippen LogP) is 9.31. The Hall–Kier alpha value is -5.58. The monoisotopic (exact) mass is 814 g/mol. The Kier molecular flexibility index (Phi) is 12.3. The first-order chi connectivity index (χ1) is 28.0. The molecule has 9 nitrogen and oxygen atoms in total. The molecule has 0 bridgehead atoms. The molecule has 0 radical (unpaired) electrons. The zero-order valence-corrected chi connectivity index (χ0v) is 34.1. The van der Waals surface area contributed by atoms with Crippen LogP contribution in [-0.2, 0) is 14.3 Å². The van der Waals surface area contributed by atoms with Gasteiger partial charge < -0.3 is 14.5 Å². The number of hydrogen-bond donors (Lipinski definition) is 0. The number of urea groups is 2. The summed E-state index contributed by atoms with van der Waals surface area (Å²) in [4.78, 5) is 57.9. The van der Waals surface area contributed by atoms with Crippen molar-refractivity contribution in [3.05, 3.63) is 129 Å². The van der Waals surface area contributed by atoms with E-state index in [9.17, 15) is 19.2 Å². The zero-order chi connectivity index (χ0) is 40.9. The topological polar surface area (TPSA) is 90.5 Å². The summed E-state index contributed by atoms with van der Waals surface area (Å²) >= 11 is 12.9. The van der Waals surface area contributed by atoms with Crippen LogP contribution in [0.2, 0.25) is 10.0 Å². The average Bonchev–Trinajstić information content (AvgIpc) is 3.23. The highest BCUT2D eigenvalue weighted by Crippen LogP contribution is 2.42. The van der Waals surface area contributed by atoms with Crippen molar-refractivity contribution in [3.8, 4) is 23.7 Å². The van der Waals surface area contributed by atoms with Gasteiger partial charge in [-0.1, -0.05) is 103 Å². The van der Waals surface area contributed by atoms with Crippen LogP contribution in [0, 0.1) is 23.7 Å². The molecule has 0 N–H and O–H groups in total. The molecule has 6 amide bonds. The second-order valence-electron chi connectivity index (χ2n) is 15.2. The van der Waals surface area contributed by atoms with Gasteiger partial charge in [0, 0.05) is 49.6 Å². The van der Waals surface area contributed by atoms with Gasteiger partial charge in [-0.3, -0.25) is 9.59 Å². The number of carbonyl (C=O) groups excluding carboxylic acids is 4. The van der Waals surface area contributed by atoms with Gasteiger partial charge in [0.1, 0.15) is 0 Å². The van der Waals surface area contributed by atoms with Gasteiger partial charge in [0.15, 0.2) is 0 Å². The summed E-state index contributed by atoms with van der Waals surface area (Å²) in [6.45, 7) is 1.11. The van der Waals surface area contributed by atoms with Gasteiger partial charge in [-0.25, -0.2) is 19.4 Å². The number of nitrogens with zero attached hydrogens (tertiary/aromatic N) is 4. The highest BCUT2D eigenvalue weighted by molar-refractivity contribution is 6.36. The van der Waals surface area contributed by atoms with E-state index in [1.165, 1.54) is 16.2 Å². The average molecular weight is 816 g/mol. The van der Waals surface area contributed by atoms with Crippen molar-refractivity contribution in [1.82, 2.24) is 9.80 Å². The van der Waals surface area contributed by atoms with Crippen molar-refractivity contribution in [1.29, 1.82) is 0 Å². The largest absolute Gasteiger partial charge is 0.381 e. The maximum atomic E-state index is 13.1. The van der Waals surface area contributed by atoms with E-state index in [1.807, 2.05) is 60.7 Å². The molecule has 8 rings (SSSR count). The lowest BCUT2D eigenvalue weighted by Gasteiger charge is -2.49. The maximum absolute atomic E-state index is 13.1. The number of hydrogen-bond acceptors (Lipinski definition) is 5. The third kappa shape index (κ3) is 8.49. The standard InChI is InChI=1S/C24H23ClN2O2.C23H21ClN2O3/c1-26-23(29)27(22(28)17-24(26)14-6-3-7-15-24)21-13-12-19(16-20(21)25)11-10-18-8-4-2-5-9-18;1-25-22(28)26(21(27)16-23(25)11-13-29-14-12-23)20-10-9-18(15-19(20)24)8-7-17-5-3-2-4-6-17/h2,4-5,8-9,12-13,16H,3,6-7,14-15,17H2,1H3;2-6,9-10,15H,11-14,16H2,1H3. The van der Waals surface area contributed by atoms with Gasteiger partial charge in [0.05, 0.1) is 45.3 Å². The van der Waals surface area contributed by atoms with Crippen LogP contribution in [-0.4, -0.2) is 72.1 Å². The first-order valence-corrected chi connectivity index (χ1v) is 20.3. The Morgan fingerprint density at radius 2 is 0.914 bits per heavy atom. The second kappa shape index (κ2) is 17.5. The fraction of sp³-hybridized carbons (Fsp3) is 0.319. The lowest BCUT2D eigenvalue weighted by molar-refractivity contribution is -0.125. The van der Waals surface area contributed by atoms with Crippen molar-refractivity contribution in [2.75, 3.05) is 37.1 Å². The van der Waals surface area contributed by atoms with Crippen LogP contribution < -0.4 is 9.80 Å². The van der Waals surface area contributed by atoms with Crippen LogP contribution in [0.4, 0.5) is 21.0 Å². The number of benzene rings is 4. The molecule has 3 heterocycles. The molecule has 0 atom stereocenters. The molecule has 4 aliphatic rings. The third-order valence-electron chi connectivity index (χ3n) is 11.7. The van der Waals surface area contributed by atoms with Crippen LogP contribution in [0.1, 0.15) is 80.0 Å². The van der Waals surface area contributed by atoms with Gasteiger partial charge in [-0.2, -0.15) is 0 Å². The number of imide groups is 2. The fourth-order valence-corrected chi connectivity index (χ4v) is 8.73. The minimum Gasteiger partial charge on any atom is -0.381 e. The van der Waals surface area contributed by atoms with E-state index in [0.29, 0.717) is 59.5 Å². The molecule has 3 saturated heterocycles. The normalized spacial score (nSPS) is 18.6.